The van der Waals surface area contributed by atoms with Crippen molar-refractivity contribution in [2.24, 2.45) is 0 Å². The zero-order valence-corrected chi connectivity index (χ0v) is 12.5. The van der Waals surface area contributed by atoms with Crippen molar-refractivity contribution in [1.29, 1.82) is 0 Å². The highest BCUT2D eigenvalue weighted by atomic mass is 19.1. The van der Waals surface area contributed by atoms with Crippen molar-refractivity contribution in [1.82, 2.24) is 5.32 Å². The second-order valence-electron chi connectivity index (χ2n) is 5.18. The third-order valence-electron chi connectivity index (χ3n) is 2.91. The van der Waals surface area contributed by atoms with Gasteiger partial charge in [0.2, 0.25) is 0 Å². The molecule has 20 heavy (non-hydrogen) atoms. The van der Waals surface area contributed by atoms with Crippen LogP contribution in [0.5, 0.6) is 5.75 Å². The van der Waals surface area contributed by atoms with Crippen LogP contribution >= 0.6 is 0 Å². The molecular weight excluding hydrogens is 261 g/mol. The Morgan fingerprint density at radius 3 is 2.65 bits per heavy atom. The molecule has 0 unspecified atom stereocenters. The predicted octanol–water partition coefficient (Wildman–Crippen LogP) is 2.66. The van der Waals surface area contributed by atoms with Crippen LogP contribution in [0, 0.1) is 5.82 Å². The molecule has 0 spiro atoms. The summed E-state index contributed by atoms with van der Waals surface area (Å²) in [5.74, 6) is -0.110. The van der Waals surface area contributed by atoms with Crippen LogP contribution in [0.25, 0.3) is 0 Å². The average molecular weight is 283 g/mol. The number of nitrogens with one attached hydrogen (secondary N) is 1. The first kappa shape index (κ1) is 16.4. The van der Waals surface area contributed by atoms with Crippen molar-refractivity contribution >= 4 is 5.97 Å². The number of methoxy groups -OCH3 is 1. The van der Waals surface area contributed by atoms with E-state index in [1.165, 1.54) is 13.2 Å². The summed E-state index contributed by atoms with van der Waals surface area (Å²) in [5, 5.41) is 3.16. The molecular formula is C15H22FNO3. The van der Waals surface area contributed by atoms with Crippen molar-refractivity contribution in [2.45, 2.75) is 39.3 Å². The molecule has 0 aromatic heterocycles. The minimum absolute atomic E-state index is 0.235. The van der Waals surface area contributed by atoms with E-state index < -0.39 is 5.54 Å². The highest BCUT2D eigenvalue weighted by molar-refractivity contribution is 5.70. The molecule has 1 N–H and O–H groups in total. The molecule has 0 atom stereocenters. The molecule has 1 aromatic rings. The van der Waals surface area contributed by atoms with E-state index in [4.69, 9.17) is 9.47 Å². The lowest BCUT2D eigenvalue weighted by atomic mass is 10.00. The van der Waals surface area contributed by atoms with Crippen molar-refractivity contribution in [3.63, 3.8) is 0 Å². The molecule has 0 aliphatic rings. The zero-order valence-electron chi connectivity index (χ0n) is 12.5. The topological polar surface area (TPSA) is 47.6 Å². The molecule has 4 nitrogen and oxygen atoms in total. The predicted molar refractivity (Wildman–Crippen MR) is 75.1 cm³/mol. The highest BCUT2D eigenvalue weighted by Crippen LogP contribution is 2.17. The summed E-state index contributed by atoms with van der Waals surface area (Å²) in [6.07, 6.45) is 0.235. The van der Waals surface area contributed by atoms with Crippen molar-refractivity contribution in [2.75, 3.05) is 13.7 Å². The molecule has 0 heterocycles. The zero-order chi connectivity index (χ0) is 15.2. The molecule has 0 bridgehead atoms. The molecule has 1 aromatic carbocycles. The summed E-state index contributed by atoms with van der Waals surface area (Å²) < 4.78 is 23.7. The fourth-order valence-electron chi connectivity index (χ4n) is 1.77. The number of halogens is 1. The Morgan fingerprint density at radius 2 is 2.10 bits per heavy atom. The van der Waals surface area contributed by atoms with Gasteiger partial charge in [0, 0.05) is 23.7 Å². The van der Waals surface area contributed by atoms with Gasteiger partial charge >= 0.3 is 5.97 Å². The maximum atomic E-state index is 13.8. The van der Waals surface area contributed by atoms with Gasteiger partial charge in [-0.2, -0.15) is 0 Å². The number of esters is 1. The average Bonchev–Trinajstić information content (AvgIpc) is 2.36. The summed E-state index contributed by atoms with van der Waals surface area (Å²) in [6, 6.07) is 4.72. The standard InChI is InChI=1S/C15H22FNO3/c1-5-20-14(18)9-15(2,3)17-10-11-6-7-12(19-4)8-13(11)16/h6-8,17H,5,9-10H2,1-4H3. The maximum Gasteiger partial charge on any atom is 0.307 e. The largest absolute Gasteiger partial charge is 0.497 e. The van der Waals surface area contributed by atoms with Crippen molar-refractivity contribution < 1.29 is 18.7 Å². The van der Waals surface area contributed by atoms with Crippen LogP contribution in [0.15, 0.2) is 18.2 Å². The summed E-state index contributed by atoms with van der Waals surface area (Å²) in [6.45, 7) is 6.23. The van der Waals surface area contributed by atoms with E-state index in [0.717, 1.165) is 0 Å². The van der Waals surface area contributed by atoms with E-state index >= 15 is 0 Å². The van der Waals surface area contributed by atoms with E-state index in [2.05, 4.69) is 5.32 Å². The number of hydrogen-bond acceptors (Lipinski definition) is 4. The first-order valence-corrected chi connectivity index (χ1v) is 6.61. The quantitative estimate of drug-likeness (QED) is 0.782. The Bertz CT molecular complexity index is 460. The Morgan fingerprint density at radius 1 is 1.40 bits per heavy atom. The van der Waals surface area contributed by atoms with Crippen molar-refractivity contribution in [3.05, 3.63) is 29.6 Å². The SMILES string of the molecule is CCOC(=O)CC(C)(C)NCc1ccc(OC)cc1F. The molecule has 0 saturated carbocycles. The summed E-state index contributed by atoms with van der Waals surface area (Å²) in [4.78, 5) is 11.5. The summed E-state index contributed by atoms with van der Waals surface area (Å²) in [5.41, 5.74) is 0.0706. The van der Waals surface area contributed by atoms with Gasteiger partial charge in [-0.3, -0.25) is 4.79 Å². The van der Waals surface area contributed by atoms with Gasteiger partial charge in [-0.05, 0) is 26.8 Å². The molecule has 0 aliphatic heterocycles. The number of carbonyl (C=O) groups excluding carboxylic acids is 1. The van der Waals surface area contributed by atoms with Gasteiger partial charge in [0.1, 0.15) is 11.6 Å². The van der Waals surface area contributed by atoms with Crippen LogP contribution in [-0.2, 0) is 16.1 Å². The van der Waals surface area contributed by atoms with E-state index in [1.807, 2.05) is 13.8 Å². The van der Waals surface area contributed by atoms with Crippen LogP contribution in [0.3, 0.4) is 0 Å². The number of benzene rings is 1. The molecule has 5 heteroatoms. The monoisotopic (exact) mass is 283 g/mol. The van der Waals surface area contributed by atoms with Crippen LogP contribution in [-0.4, -0.2) is 25.2 Å². The number of hydrogen-bond donors (Lipinski definition) is 1. The Balaban J connectivity index is 2.59. The fourth-order valence-corrected chi connectivity index (χ4v) is 1.77. The minimum Gasteiger partial charge on any atom is -0.497 e. The molecule has 0 saturated heterocycles. The van der Waals surface area contributed by atoms with E-state index in [0.29, 0.717) is 24.5 Å². The third-order valence-corrected chi connectivity index (χ3v) is 2.91. The smallest absolute Gasteiger partial charge is 0.307 e. The van der Waals surface area contributed by atoms with Gasteiger partial charge in [0.25, 0.3) is 0 Å². The van der Waals surface area contributed by atoms with Gasteiger partial charge in [-0.1, -0.05) is 6.07 Å². The Labute approximate surface area is 119 Å². The minimum atomic E-state index is -0.460. The van der Waals surface area contributed by atoms with Crippen LogP contribution < -0.4 is 10.1 Å². The number of carbonyl (C=O) groups is 1. The summed E-state index contributed by atoms with van der Waals surface area (Å²) in [7, 11) is 1.50. The molecule has 0 radical (unpaired) electrons. The second-order valence-corrected chi connectivity index (χ2v) is 5.18. The fraction of sp³-hybridized carbons (Fsp3) is 0.533. The molecule has 0 fully saturated rings. The van der Waals surface area contributed by atoms with E-state index in [-0.39, 0.29) is 18.2 Å². The number of ether oxygens (including phenoxy) is 2. The summed E-state index contributed by atoms with van der Waals surface area (Å²) >= 11 is 0. The van der Waals surface area contributed by atoms with Gasteiger partial charge in [-0.25, -0.2) is 4.39 Å². The lowest BCUT2D eigenvalue weighted by Crippen LogP contribution is -2.41. The number of rotatable bonds is 7. The molecule has 1 rings (SSSR count). The van der Waals surface area contributed by atoms with Gasteiger partial charge in [0.05, 0.1) is 20.1 Å². The van der Waals surface area contributed by atoms with Gasteiger partial charge < -0.3 is 14.8 Å². The molecule has 0 aliphatic carbocycles. The van der Waals surface area contributed by atoms with Crippen LogP contribution in [0.1, 0.15) is 32.8 Å². The second kappa shape index (κ2) is 7.24. The molecule has 112 valence electrons. The van der Waals surface area contributed by atoms with E-state index in [1.54, 1.807) is 19.1 Å². The normalized spacial score (nSPS) is 11.2. The van der Waals surface area contributed by atoms with Gasteiger partial charge in [0.15, 0.2) is 0 Å². The third kappa shape index (κ3) is 5.17. The van der Waals surface area contributed by atoms with Crippen LogP contribution in [0.2, 0.25) is 0 Å². The molecule has 0 amide bonds. The first-order valence-electron chi connectivity index (χ1n) is 6.61. The van der Waals surface area contributed by atoms with E-state index in [9.17, 15) is 9.18 Å². The Hall–Kier alpha value is -1.62. The highest BCUT2D eigenvalue weighted by Gasteiger charge is 2.22. The van der Waals surface area contributed by atoms with Gasteiger partial charge in [-0.15, -0.1) is 0 Å². The maximum absolute atomic E-state index is 13.8. The first-order chi connectivity index (χ1) is 9.38. The Kier molecular flexibility index (Phi) is 5.95. The van der Waals surface area contributed by atoms with Crippen molar-refractivity contribution in [3.8, 4) is 5.75 Å². The lowest BCUT2D eigenvalue weighted by Gasteiger charge is -2.25. The van der Waals surface area contributed by atoms with Crippen LogP contribution in [0.4, 0.5) is 4.39 Å². The lowest BCUT2D eigenvalue weighted by molar-refractivity contribution is -0.144.